The maximum atomic E-state index is 14.3. The van der Waals surface area contributed by atoms with Gasteiger partial charge in [-0.15, -0.1) is 0 Å². The predicted molar refractivity (Wildman–Crippen MR) is 274 cm³/mol. The summed E-state index contributed by atoms with van der Waals surface area (Å²) >= 11 is 0. The topological polar surface area (TPSA) is 372 Å². The highest BCUT2D eigenvalue weighted by Gasteiger charge is 2.55. The van der Waals surface area contributed by atoms with Gasteiger partial charge in [-0.05, 0) is 122 Å². The minimum atomic E-state index is -4.41. The third-order valence-electron chi connectivity index (χ3n) is 11.9. The number of hydrogen-bond donors (Lipinski definition) is 8. The van der Waals surface area contributed by atoms with Gasteiger partial charge in [0, 0.05) is 26.2 Å². The van der Waals surface area contributed by atoms with E-state index in [1.165, 1.54) is 26.1 Å². The van der Waals surface area contributed by atoms with Gasteiger partial charge in [-0.2, -0.15) is 5.06 Å². The predicted octanol–water partition coefficient (Wildman–Crippen LogP) is 2.47. The van der Waals surface area contributed by atoms with E-state index in [-0.39, 0.29) is 39.0 Å². The molecule has 444 valence electrons. The number of hydroxylamine groups is 2. The number of carbonyl (C=O) groups excluding carboxylic acids is 5. The zero-order valence-electron chi connectivity index (χ0n) is 46.8. The van der Waals surface area contributed by atoms with Crippen molar-refractivity contribution in [1.82, 2.24) is 30.6 Å². The van der Waals surface area contributed by atoms with Crippen LogP contribution in [0, 0.1) is 10.1 Å². The molecule has 2 heterocycles. The lowest BCUT2D eigenvalue weighted by atomic mass is 9.83. The van der Waals surface area contributed by atoms with Crippen molar-refractivity contribution in [3.05, 3.63) is 34.4 Å². The van der Waals surface area contributed by atoms with Gasteiger partial charge in [0.05, 0.1) is 48.4 Å². The molecule has 28 nitrogen and oxygen atoms in total. The lowest BCUT2D eigenvalue weighted by Crippen LogP contribution is -2.71. The van der Waals surface area contributed by atoms with Crippen LogP contribution in [0.3, 0.4) is 0 Å². The molecular weight excluding hydrogens is 1050 g/mol. The van der Waals surface area contributed by atoms with Crippen LogP contribution in [0.1, 0.15) is 116 Å². The van der Waals surface area contributed by atoms with Crippen molar-refractivity contribution in [3.8, 4) is 0 Å². The molecule has 2 aliphatic heterocycles. The van der Waals surface area contributed by atoms with Gasteiger partial charge < -0.3 is 74.4 Å². The van der Waals surface area contributed by atoms with Crippen molar-refractivity contribution in [1.29, 1.82) is 0 Å². The molecule has 29 heteroatoms. The van der Waals surface area contributed by atoms with Crippen molar-refractivity contribution >= 4 is 46.0 Å². The summed E-state index contributed by atoms with van der Waals surface area (Å²) in [6.45, 7) is 19.1. The average Bonchev–Trinajstić information content (AvgIpc) is 3.27. The third kappa shape index (κ3) is 19.2. The fraction of sp³-hybridized carbons (Fsp3) is 0.776. The molecule has 2 saturated heterocycles. The molecule has 12 atom stereocenters. The number of hydrogen-bond acceptors (Lipinski definition) is 21. The fourth-order valence-corrected chi connectivity index (χ4v) is 9.82. The largest absolute Gasteiger partial charge is 0.444 e. The van der Waals surface area contributed by atoms with Crippen molar-refractivity contribution in [2.45, 2.75) is 216 Å². The molecule has 1 aromatic carbocycles. The summed E-state index contributed by atoms with van der Waals surface area (Å²) < 4.78 is 69.0. The highest BCUT2D eigenvalue weighted by Crippen LogP contribution is 2.35. The summed E-state index contributed by atoms with van der Waals surface area (Å²) in [7, 11) is -3.14. The van der Waals surface area contributed by atoms with Crippen LogP contribution in [0.2, 0.25) is 0 Å². The quantitative estimate of drug-likeness (QED) is 0.0631. The summed E-state index contributed by atoms with van der Waals surface area (Å²) in [5.74, 6) is -1.05. The molecule has 0 radical (unpaired) electrons. The molecule has 1 aliphatic carbocycles. The Morgan fingerprint density at radius 1 is 0.821 bits per heavy atom. The van der Waals surface area contributed by atoms with Gasteiger partial charge in [-0.1, -0.05) is 12.1 Å². The van der Waals surface area contributed by atoms with Crippen LogP contribution in [0.15, 0.2) is 29.2 Å². The Labute approximate surface area is 454 Å². The molecule has 0 bridgehead atoms. The molecule has 3 fully saturated rings. The Morgan fingerprint density at radius 3 is 1.95 bits per heavy atom. The number of nitro benzene ring substituents is 1. The Morgan fingerprint density at radius 2 is 1.38 bits per heavy atom. The molecule has 8 N–H and O–H groups in total. The van der Waals surface area contributed by atoms with Crippen molar-refractivity contribution < 1.29 is 95.7 Å². The number of ether oxygens (including phenoxy) is 7. The van der Waals surface area contributed by atoms with Crippen LogP contribution < -0.4 is 20.7 Å². The van der Waals surface area contributed by atoms with E-state index >= 15 is 0 Å². The van der Waals surface area contributed by atoms with E-state index in [0.29, 0.717) is 0 Å². The molecule has 0 aromatic heterocycles. The Balaban J connectivity index is 1.73. The second-order valence-electron chi connectivity index (χ2n) is 23.6. The molecule has 1 aromatic rings. The van der Waals surface area contributed by atoms with Crippen molar-refractivity contribution in [2.24, 2.45) is 0 Å². The van der Waals surface area contributed by atoms with E-state index < -0.39 is 164 Å². The zero-order valence-corrected chi connectivity index (χ0v) is 47.6. The number of nitrogens with zero attached hydrogens (tertiary/aromatic N) is 3. The van der Waals surface area contributed by atoms with E-state index in [4.69, 9.17) is 38.0 Å². The average molecular weight is 1140 g/mol. The number of likely N-dealkylation sites (N-methyl/N-ethyl adjacent to an activating group) is 1. The number of nitrogens with one attached hydrogen (secondary N) is 4. The van der Waals surface area contributed by atoms with Gasteiger partial charge in [-0.25, -0.2) is 32.3 Å². The molecule has 5 amide bonds. The monoisotopic (exact) mass is 1140 g/mol. The zero-order chi connectivity index (χ0) is 59.1. The summed E-state index contributed by atoms with van der Waals surface area (Å²) in [6, 6.07) is -0.623. The number of sulfonamides is 1. The number of nitro groups is 1. The Bertz CT molecular complexity index is 2360. The van der Waals surface area contributed by atoms with E-state index in [1.54, 1.807) is 83.1 Å². The minimum absolute atomic E-state index is 0.0397. The molecule has 1 unspecified atom stereocenters. The van der Waals surface area contributed by atoms with Crippen LogP contribution in [0.25, 0.3) is 0 Å². The third-order valence-corrected chi connectivity index (χ3v) is 13.4. The normalized spacial score (nSPS) is 27.5. The molecule has 0 spiro atoms. The molecule has 3 aliphatic rings. The van der Waals surface area contributed by atoms with Crippen LogP contribution in [0.4, 0.5) is 24.9 Å². The maximum Gasteiger partial charge on any atom is 0.434 e. The van der Waals surface area contributed by atoms with Crippen molar-refractivity contribution in [3.63, 3.8) is 0 Å². The summed E-state index contributed by atoms with van der Waals surface area (Å²) in [4.78, 5) is 85.1. The first-order valence-electron chi connectivity index (χ1n) is 25.5. The van der Waals surface area contributed by atoms with Gasteiger partial charge in [0.2, 0.25) is 15.9 Å². The van der Waals surface area contributed by atoms with E-state index in [2.05, 4.69) is 20.7 Å². The first kappa shape index (κ1) is 65.3. The standard InChI is InChI=1S/C49H81N7O21S/c1-45(2,3)73-41(61)50-22-21-32(57)39(60)52-29-23-30(53-42(62)74-46(4,5)6)37(34(58)36(29)72-40-35(59)38(49(13,65)26-71-40)54(14)43(63)75-47(7,8)9)77-55(44(64)76-48(10,11)12)27-19-20-28(70-25-27)24-51-78(68,69)33-18-16-15-17-31(33)56(66)67/h15-18,27-30,32,34-38,40,51,57-59,65H,19-26H2,1-14H3,(H,50,61)(H,52,60)(H,53,62)/t27-,28+,29-,30+,32?,34+,35-,36+,37-,38-,40-,49+/m1/s1. The molecule has 4 rings (SSSR count). The summed E-state index contributed by atoms with van der Waals surface area (Å²) in [5, 5.41) is 67.3. The summed E-state index contributed by atoms with van der Waals surface area (Å²) in [6.07, 6.45) is -16.5. The fourth-order valence-electron chi connectivity index (χ4n) is 8.58. The van der Waals surface area contributed by atoms with Gasteiger partial charge >= 0.3 is 24.4 Å². The van der Waals surface area contributed by atoms with Crippen LogP contribution in [-0.2, 0) is 52.8 Å². The molecule has 78 heavy (non-hydrogen) atoms. The first-order valence-corrected chi connectivity index (χ1v) is 27.0. The number of alkyl carbamates (subject to hydrolysis) is 2. The number of para-hydroxylation sites is 1. The number of rotatable bonds is 17. The van der Waals surface area contributed by atoms with Crippen LogP contribution >= 0.6 is 0 Å². The first-order chi connectivity index (χ1) is 35.7. The number of amides is 5. The van der Waals surface area contributed by atoms with Gasteiger partial charge in [0.1, 0.15) is 58.5 Å². The lowest BCUT2D eigenvalue weighted by Gasteiger charge is -2.50. The van der Waals surface area contributed by atoms with Crippen LogP contribution in [-0.4, -0.2) is 202 Å². The number of benzene rings is 1. The number of carbonyl (C=O) groups is 5. The molecule has 1 saturated carbocycles. The van der Waals surface area contributed by atoms with Crippen LogP contribution in [0.5, 0.6) is 0 Å². The van der Waals surface area contributed by atoms with E-state index in [1.807, 2.05) is 0 Å². The Hall–Kier alpha value is -5.24. The van der Waals surface area contributed by atoms with Gasteiger partial charge in [-0.3, -0.25) is 19.7 Å². The van der Waals surface area contributed by atoms with E-state index in [0.717, 1.165) is 22.1 Å². The van der Waals surface area contributed by atoms with Gasteiger partial charge in [0.25, 0.3) is 5.69 Å². The Kier molecular flexibility index (Phi) is 21.7. The summed E-state index contributed by atoms with van der Waals surface area (Å²) in [5.41, 5.74) is -6.65. The minimum Gasteiger partial charge on any atom is -0.444 e. The molecular formula is C49H81N7O21S. The SMILES string of the molecule is CN(C(=O)OC(C)(C)C)[C@@H]1[C@@H](O)[C@@H](O[C@@H]2[C@H](O)[C@H](ON(C(=O)OC(C)(C)C)[C@@H]3CC[C@@H](CNS(=O)(=O)c4ccccc4[N+](=O)[O-])OC3)[C@@H](NC(=O)OC(C)(C)C)C[C@H]2NC(=O)C(O)CCNC(=O)OC(C)(C)C)OC[C@]1(C)O. The highest BCUT2D eigenvalue weighted by molar-refractivity contribution is 7.89. The van der Waals surface area contributed by atoms with Gasteiger partial charge in [0.15, 0.2) is 11.2 Å². The second kappa shape index (κ2) is 25.9. The second-order valence-corrected chi connectivity index (χ2v) is 25.4. The van der Waals surface area contributed by atoms with Crippen molar-refractivity contribution in [2.75, 3.05) is 33.4 Å². The smallest absolute Gasteiger partial charge is 0.434 e. The highest BCUT2D eigenvalue weighted by atomic mass is 32.2. The lowest BCUT2D eigenvalue weighted by molar-refractivity contribution is -0.387. The van der Waals surface area contributed by atoms with E-state index in [9.17, 15) is 62.9 Å². The number of aliphatic hydroxyl groups is 4. The maximum absolute atomic E-state index is 14.3. The number of aliphatic hydroxyl groups excluding tert-OH is 3.